The van der Waals surface area contributed by atoms with Gasteiger partial charge >= 0.3 is 0 Å². The van der Waals surface area contributed by atoms with Gasteiger partial charge in [0, 0.05) is 25.0 Å². The van der Waals surface area contributed by atoms with E-state index in [-0.39, 0.29) is 10.9 Å². The lowest BCUT2D eigenvalue weighted by atomic mass is 10.1. The Kier molecular flexibility index (Phi) is 3.87. The van der Waals surface area contributed by atoms with Crippen LogP contribution in [0, 0.1) is 0 Å². The van der Waals surface area contributed by atoms with Crippen molar-refractivity contribution in [1.29, 1.82) is 0 Å². The molecular weight excluding hydrogens is 258 g/mol. The maximum Gasteiger partial charge on any atom is 0.259 e. The van der Waals surface area contributed by atoms with Crippen molar-refractivity contribution in [2.24, 2.45) is 5.73 Å². The number of nitrogens with two attached hydrogens (primary N) is 1. The number of nitrogens with zero attached hydrogens (tertiary/aromatic N) is 2. The van der Waals surface area contributed by atoms with Crippen LogP contribution in [-0.2, 0) is 0 Å². The largest absolute Gasteiger partial charge is 0.389 e. The minimum absolute atomic E-state index is 0.156. The van der Waals surface area contributed by atoms with Crippen LogP contribution in [0.3, 0.4) is 0 Å². The van der Waals surface area contributed by atoms with Gasteiger partial charge in [0.15, 0.2) is 0 Å². The molecule has 4 nitrogen and oxygen atoms in total. The fourth-order valence-corrected chi connectivity index (χ4v) is 1.94. The van der Waals surface area contributed by atoms with Gasteiger partial charge in [0.1, 0.15) is 4.99 Å². The topological polar surface area (TPSA) is 59.2 Å². The van der Waals surface area contributed by atoms with Crippen molar-refractivity contribution in [3.63, 3.8) is 0 Å². The molecule has 2 rings (SSSR count). The smallest absolute Gasteiger partial charge is 0.259 e. The maximum atomic E-state index is 12.3. The van der Waals surface area contributed by atoms with Crippen LogP contribution < -0.4 is 10.6 Å². The highest BCUT2D eigenvalue weighted by atomic mass is 32.1. The lowest BCUT2D eigenvalue weighted by Crippen LogP contribution is -2.28. The van der Waals surface area contributed by atoms with Crippen LogP contribution in [0.5, 0.6) is 0 Å². The number of hydrogen-bond acceptors (Lipinski definition) is 3. The van der Waals surface area contributed by atoms with E-state index >= 15 is 0 Å². The van der Waals surface area contributed by atoms with Crippen molar-refractivity contribution in [3.05, 3.63) is 59.9 Å². The Morgan fingerprint density at radius 3 is 2.63 bits per heavy atom. The van der Waals surface area contributed by atoms with Gasteiger partial charge in [-0.15, -0.1) is 0 Å². The van der Waals surface area contributed by atoms with E-state index in [0.29, 0.717) is 16.8 Å². The summed E-state index contributed by atoms with van der Waals surface area (Å²) in [6.07, 6.45) is 3.15. The first-order valence-electron chi connectivity index (χ1n) is 5.68. The van der Waals surface area contributed by atoms with E-state index in [1.807, 2.05) is 18.2 Å². The third kappa shape index (κ3) is 2.77. The van der Waals surface area contributed by atoms with Crippen molar-refractivity contribution < 1.29 is 4.79 Å². The van der Waals surface area contributed by atoms with Crippen LogP contribution in [-0.4, -0.2) is 22.9 Å². The maximum absolute atomic E-state index is 12.3. The van der Waals surface area contributed by atoms with E-state index in [1.165, 1.54) is 11.1 Å². The van der Waals surface area contributed by atoms with Crippen LogP contribution >= 0.6 is 12.2 Å². The molecule has 2 N–H and O–H groups in total. The summed E-state index contributed by atoms with van der Waals surface area (Å²) in [7, 11) is 1.69. The highest BCUT2D eigenvalue weighted by molar-refractivity contribution is 7.80. The number of anilines is 1. The Morgan fingerprint density at radius 1 is 1.26 bits per heavy atom. The zero-order valence-electron chi connectivity index (χ0n) is 10.4. The summed E-state index contributed by atoms with van der Waals surface area (Å²) < 4.78 is 0. The normalized spacial score (nSPS) is 9.95. The van der Waals surface area contributed by atoms with Gasteiger partial charge in [0.25, 0.3) is 5.91 Å². The van der Waals surface area contributed by atoms with Crippen LogP contribution in [0.2, 0.25) is 0 Å². The minimum Gasteiger partial charge on any atom is -0.389 e. The van der Waals surface area contributed by atoms with Gasteiger partial charge in [0.05, 0.1) is 11.3 Å². The minimum atomic E-state index is -0.156. The molecule has 1 aromatic heterocycles. The van der Waals surface area contributed by atoms with Crippen LogP contribution in [0.15, 0.2) is 48.8 Å². The lowest BCUT2D eigenvalue weighted by Gasteiger charge is -2.20. The summed E-state index contributed by atoms with van der Waals surface area (Å²) in [4.78, 5) is 18.0. The zero-order chi connectivity index (χ0) is 13.8. The van der Waals surface area contributed by atoms with Crippen LogP contribution in [0.1, 0.15) is 15.9 Å². The molecule has 1 aromatic carbocycles. The summed E-state index contributed by atoms with van der Waals surface area (Å²) in [5.74, 6) is -0.156. The molecule has 1 amide bonds. The number of thiocarbonyl (C=S) groups is 1. The summed E-state index contributed by atoms with van der Waals surface area (Å²) in [5, 5.41) is 0. The molecule has 0 aliphatic carbocycles. The highest BCUT2D eigenvalue weighted by Gasteiger charge is 2.16. The number of benzene rings is 1. The number of hydrogen-bond donors (Lipinski definition) is 1. The molecule has 0 bridgehead atoms. The molecule has 0 aliphatic rings. The Balaban J connectivity index is 2.38. The second-order valence-electron chi connectivity index (χ2n) is 3.99. The molecule has 5 heteroatoms. The van der Waals surface area contributed by atoms with Gasteiger partial charge < -0.3 is 10.6 Å². The molecular formula is C14H13N3OS. The molecule has 1 heterocycles. The van der Waals surface area contributed by atoms with Crippen molar-refractivity contribution in [1.82, 2.24) is 4.98 Å². The van der Waals surface area contributed by atoms with Gasteiger partial charge in [-0.1, -0.05) is 24.4 Å². The van der Waals surface area contributed by atoms with Crippen molar-refractivity contribution in [3.8, 4) is 0 Å². The third-order valence-electron chi connectivity index (χ3n) is 2.74. The predicted molar refractivity (Wildman–Crippen MR) is 79.3 cm³/mol. The second-order valence-corrected chi connectivity index (χ2v) is 4.43. The van der Waals surface area contributed by atoms with Crippen LogP contribution in [0.25, 0.3) is 0 Å². The van der Waals surface area contributed by atoms with Gasteiger partial charge in [-0.05, 0) is 24.3 Å². The Morgan fingerprint density at radius 2 is 2.00 bits per heavy atom. The molecule has 96 valence electrons. The Hall–Kier alpha value is -2.27. The van der Waals surface area contributed by atoms with Crippen molar-refractivity contribution >= 4 is 28.8 Å². The molecule has 0 unspecified atom stereocenters. The summed E-state index contributed by atoms with van der Waals surface area (Å²) >= 11 is 5.00. The van der Waals surface area contributed by atoms with Gasteiger partial charge in [0.2, 0.25) is 0 Å². The Labute approximate surface area is 116 Å². The first-order valence-corrected chi connectivity index (χ1v) is 6.09. The van der Waals surface area contributed by atoms with E-state index < -0.39 is 0 Å². The highest BCUT2D eigenvalue weighted by Crippen LogP contribution is 2.20. The van der Waals surface area contributed by atoms with E-state index in [0.717, 1.165) is 0 Å². The fourth-order valence-electron chi connectivity index (χ4n) is 1.77. The lowest BCUT2D eigenvalue weighted by molar-refractivity contribution is 0.0992. The molecule has 0 aliphatic heterocycles. The SMILES string of the molecule is CN(C(=O)c1cccnc1)c1ccccc1C(N)=S. The number of carbonyl (C=O) groups excluding carboxylic acids is 1. The van der Waals surface area contributed by atoms with Crippen molar-refractivity contribution in [2.75, 3.05) is 11.9 Å². The first-order chi connectivity index (χ1) is 9.11. The van der Waals surface area contributed by atoms with Crippen molar-refractivity contribution in [2.45, 2.75) is 0 Å². The van der Waals surface area contributed by atoms with Gasteiger partial charge in [-0.2, -0.15) is 0 Å². The molecule has 0 saturated heterocycles. The molecule has 0 atom stereocenters. The molecule has 0 saturated carbocycles. The molecule has 0 spiro atoms. The van der Waals surface area contributed by atoms with E-state index in [2.05, 4.69) is 4.98 Å². The number of aromatic nitrogens is 1. The fraction of sp³-hybridized carbons (Fsp3) is 0.0714. The second kappa shape index (κ2) is 5.58. The van der Waals surface area contributed by atoms with Gasteiger partial charge in [-0.3, -0.25) is 9.78 Å². The first kappa shape index (κ1) is 13.2. The zero-order valence-corrected chi connectivity index (χ0v) is 11.2. The summed E-state index contributed by atoms with van der Waals surface area (Å²) in [5.41, 5.74) is 7.55. The van der Waals surface area contributed by atoms with Gasteiger partial charge in [-0.25, -0.2) is 0 Å². The Bertz CT molecular complexity index is 613. The van der Waals surface area contributed by atoms with E-state index in [4.69, 9.17) is 18.0 Å². The third-order valence-corrected chi connectivity index (χ3v) is 2.96. The average Bonchev–Trinajstić information content (AvgIpc) is 2.46. The standard InChI is InChI=1S/C14H13N3OS/c1-17(14(18)10-5-4-8-16-9-10)12-7-3-2-6-11(12)13(15)19/h2-9H,1H3,(H2,15,19). The number of pyridine rings is 1. The molecule has 19 heavy (non-hydrogen) atoms. The average molecular weight is 271 g/mol. The summed E-state index contributed by atoms with van der Waals surface area (Å²) in [6, 6.07) is 10.7. The number of para-hydroxylation sites is 1. The molecule has 2 aromatic rings. The van der Waals surface area contributed by atoms with Crippen LogP contribution in [0.4, 0.5) is 5.69 Å². The summed E-state index contributed by atoms with van der Waals surface area (Å²) in [6.45, 7) is 0. The number of amides is 1. The number of carbonyl (C=O) groups is 1. The predicted octanol–water partition coefficient (Wildman–Crippen LogP) is 1.99. The monoisotopic (exact) mass is 271 g/mol. The van der Waals surface area contributed by atoms with E-state index in [9.17, 15) is 4.79 Å². The van der Waals surface area contributed by atoms with E-state index in [1.54, 1.807) is 31.4 Å². The quantitative estimate of drug-likeness (QED) is 0.867. The molecule has 0 fully saturated rings. The molecule has 0 radical (unpaired) electrons. The number of rotatable bonds is 3.